The number of carbonyl (C=O) groups excluding carboxylic acids is 2. The summed E-state index contributed by atoms with van der Waals surface area (Å²) in [6.07, 6.45) is 0.841. The number of nitrogens with one attached hydrogen (secondary N) is 1. The Labute approximate surface area is 215 Å². The molecule has 37 heavy (non-hydrogen) atoms. The van der Waals surface area contributed by atoms with Gasteiger partial charge in [0.25, 0.3) is 11.6 Å². The molecule has 0 radical (unpaired) electrons. The molecule has 0 bridgehead atoms. The lowest BCUT2D eigenvalue weighted by Gasteiger charge is -2.24. The van der Waals surface area contributed by atoms with E-state index in [1.165, 1.54) is 30.3 Å². The molecule has 190 valence electrons. The summed E-state index contributed by atoms with van der Waals surface area (Å²) in [5.74, 6) is 4.34. The Morgan fingerprint density at radius 3 is 2.41 bits per heavy atom. The molecular formula is C29H28N2O6. The molecule has 0 spiro atoms. The molecule has 0 aliphatic heterocycles. The number of rotatable bonds is 7. The molecule has 0 aliphatic rings. The van der Waals surface area contributed by atoms with Crippen LogP contribution in [0, 0.1) is 22.0 Å². The van der Waals surface area contributed by atoms with Gasteiger partial charge in [0.15, 0.2) is 0 Å². The van der Waals surface area contributed by atoms with Crippen molar-refractivity contribution >= 4 is 17.6 Å². The minimum absolute atomic E-state index is 0.0121. The van der Waals surface area contributed by atoms with Gasteiger partial charge in [-0.3, -0.25) is 14.9 Å². The first-order valence-electron chi connectivity index (χ1n) is 11.7. The zero-order chi connectivity index (χ0) is 27.0. The van der Waals surface area contributed by atoms with E-state index in [1.807, 2.05) is 30.3 Å². The number of phenols is 1. The van der Waals surface area contributed by atoms with Gasteiger partial charge in [-0.25, -0.2) is 4.79 Å². The second kappa shape index (κ2) is 11.9. The van der Waals surface area contributed by atoms with Gasteiger partial charge in [-0.1, -0.05) is 48.2 Å². The highest BCUT2D eigenvalue weighted by Crippen LogP contribution is 2.20. The lowest BCUT2D eigenvalue weighted by molar-refractivity contribution is -0.385. The van der Waals surface area contributed by atoms with E-state index in [2.05, 4.69) is 17.2 Å². The monoisotopic (exact) mass is 500 g/mol. The first-order chi connectivity index (χ1) is 17.5. The van der Waals surface area contributed by atoms with Crippen LogP contribution in [0.25, 0.3) is 0 Å². The molecule has 0 fully saturated rings. The molecule has 0 saturated heterocycles. The average molecular weight is 501 g/mol. The number of phenolic OH excluding ortho intramolecular Hbond substituents is 1. The molecule has 3 aromatic carbocycles. The van der Waals surface area contributed by atoms with Gasteiger partial charge in [0.1, 0.15) is 23.0 Å². The van der Waals surface area contributed by atoms with Gasteiger partial charge in [0.05, 0.1) is 4.92 Å². The SMILES string of the molecule is CC(C)(C)OC(=O)[C@H](CCc1ccccc1)NC(=O)c1ccc([N+](=O)[O-])c(C#Cc2cccc(O)c2)c1. The third-order valence-electron chi connectivity index (χ3n) is 5.20. The standard InChI is InChI=1S/C29H28N2O6/c1-29(2,3)37-28(34)25(16-13-20-8-5-4-6-9-20)30-27(33)23-15-17-26(31(35)36)22(19-23)14-12-21-10-7-11-24(32)18-21/h4-11,15,17-19,25,32H,13,16H2,1-3H3,(H,30,33)/t25-/m0/s1. The van der Waals surface area contributed by atoms with Crippen LogP contribution in [0.2, 0.25) is 0 Å². The summed E-state index contributed by atoms with van der Waals surface area (Å²) in [5, 5.41) is 23.9. The van der Waals surface area contributed by atoms with Crippen molar-refractivity contribution in [2.75, 3.05) is 0 Å². The van der Waals surface area contributed by atoms with E-state index in [1.54, 1.807) is 32.9 Å². The molecule has 0 unspecified atom stereocenters. The Hall–Kier alpha value is -4.64. The van der Waals surface area contributed by atoms with E-state index >= 15 is 0 Å². The Bertz CT molecular complexity index is 1350. The summed E-state index contributed by atoms with van der Waals surface area (Å²) in [5.41, 5.74) is 0.588. The van der Waals surface area contributed by atoms with Gasteiger partial charge in [-0.05, 0) is 69.5 Å². The van der Waals surface area contributed by atoms with E-state index in [4.69, 9.17) is 4.74 Å². The molecule has 3 aromatic rings. The van der Waals surface area contributed by atoms with Crippen LogP contribution in [-0.2, 0) is 16.0 Å². The summed E-state index contributed by atoms with van der Waals surface area (Å²) in [6.45, 7) is 5.23. The van der Waals surface area contributed by atoms with Crippen LogP contribution < -0.4 is 5.32 Å². The van der Waals surface area contributed by atoms with Crippen LogP contribution in [0.5, 0.6) is 5.75 Å². The molecule has 3 rings (SSSR count). The molecule has 0 aliphatic carbocycles. The zero-order valence-electron chi connectivity index (χ0n) is 20.9. The molecule has 1 atom stereocenters. The van der Waals surface area contributed by atoms with Crippen LogP contribution in [0.1, 0.15) is 54.2 Å². The number of benzene rings is 3. The Balaban J connectivity index is 1.86. The van der Waals surface area contributed by atoms with E-state index in [-0.39, 0.29) is 22.6 Å². The Kier molecular flexibility index (Phi) is 8.64. The average Bonchev–Trinajstić information content (AvgIpc) is 2.84. The smallest absolute Gasteiger partial charge is 0.329 e. The zero-order valence-corrected chi connectivity index (χ0v) is 20.9. The molecule has 8 heteroatoms. The van der Waals surface area contributed by atoms with Crippen LogP contribution in [0.4, 0.5) is 5.69 Å². The second-order valence-electron chi connectivity index (χ2n) is 9.37. The number of esters is 1. The van der Waals surface area contributed by atoms with E-state index in [0.717, 1.165) is 5.56 Å². The highest BCUT2D eigenvalue weighted by atomic mass is 16.6. The molecule has 0 heterocycles. The fraction of sp³-hybridized carbons (Fsp3) is 0.241. The van der Waals surface area contributed by atoms with Crippen molar-refractivity contribution < 1.29 is 24.4 Å². The first kappa shape index (κ1) is 27.0. The molecule has 0 aromatic heterocycles. The number of nitro groups is 1. The maximum absolute atomic E-state index is 13.1. The largest absolute Gasteiger partial charge is 0.508 e. The molecule has 2 N–H and O–H groups in total. The summed E-state index contributed by atoms with van der Waals surface area (Å²) in [6, 6.07) is 18.6. The van der Waals surface area contributed by atoms with E-state index in [9.17, 15) is 24.8 Å². The van der Waals surface area contributed by atoms with Gasteiger partial charge in [0.2, 0.25) is 0 Å². The first-order valence-corrected chi connectivity index (χ1v) is 11.7. The van der Waals surface area contributed by atoms with Crippen molar-refractivity contribution in [1.82, 2.24) is 5.32 Å². The van der Waals surface area contributed by atoms with Gasteiger partial charge in [0, 0.05) is 17.2 Å². The lowest BCUT2D eigenvalue weighted by atomic mass is 10.0. The van der Waals surface area contributed by atoms with Gasteiger partial charge < -0.3 is 15.2 Å². The molecule has 1 amide bonds. The highest BCUT2D eigenvalue weighted by Gasteiger charge is 2.27. The van der Waals surface area contributed by atoms with Crippen LogP contribution >= 0.6 is 0 Å². The third-order valence-corrected chi connectivity index (χ3v) is 5.20. The molecular weight excluding hydrogens is 472 g/mol. The summed E-state index contributed by atoms with van der Waals surface area (Å²) in [7, 11) is 0. The third kappa shape index (κ3) is 8.22. The van der Waals surface area contributed by atoms with Gasteiger partial charge >= 0.3 is 5.97 Å². The number of hydrogen-bond donors (Lipinski definition) is 2. The number of amides is 1. The van der Waals surface area contributed by atoms with Gasteiger partial charge in [-0.15, -0.1) is 0 Å². The minimum atomic E-state index is -0.927. The van der Waals surface area contributed by atoms with Crippen LogP contribution in [-0.4, -0.2) is 33.5 Å². The number of aryl methyl sites for hydroxylation is 1. The number of nitro benzene ring substituents is 1. The predicted molar refractivity (Wildman–Crippen MR) is 139 cm³/mol. The second-order valence-corrected chi connectivity index (χ2v) is 9.37. The van der Waals surface area contributed by atoms with Crippen LogP contribution in [0.3, 0.4) is 0 Å². The summed E-state index contributed by atoms with van der Waals surface area (Å²) < 4.78 is 5.51. The van der Waals surface area contributed by atoms with Gasteiger partial charge in [-0.2, -0.15) is 0 Å². The van der Waals surface area contributed by atoms with Crippen molar-refractivity contribution in [3.05, 3.63) is 105 Å². The quantitative estimate of drug-likeness (QED) is 0.209. The fourth-order valence-corrected chi connectivity index (χ4v) is 3.48. The number of nitrogens with zero attached hydrogens (tertiary/aromatic N) is 1. The van der Waals surface area contributed by atoms with Crippen molar-refractivity contribution in [1.29, 1.82) is 0 Å². The predicted octanol–water partition coefficient (Wildman–Crippen LogP) is 4.77. The number of carbonyl (C=O) groups is 2. The van der Waals surface area contributed by atoms with Crippen molar-refractivity contribution in [3.8, 4) is 17.6 Å². The van der Waals surface area contributed by atoms with E-state index in [0.29, 0.717) is 18.4 Å². The summed E-state index contributed by atoms with van der Waals surface area (Å²) >= 11 is 0. The fourth-order valence-electron chi connectivity index (χ4n) is 3.48. The van der Waals surface area contributed by atoms with Crippen LogP contribution in [0.15, 0.2) is 72.8 Å². The topological polar surface area (TPSA) is 119 Å². The van der Waals surface area contributed by atoms with Crippen molar-refractivity contribution in [3.63, 3.8) is 0 Å². The molecule has 0 saturated carbocycles. The normalized spacial score (nSPS) is 11.5. The maximum atomic E-state index is 13.1. The van der Waals surface area contributed by atoms with Crippen molar-refractivity contribution in [2.24, 2.45) is 0 Å². The highest BCUT2D eigenvalue weighted by molar-refractivity contribution is 5.97. The molecule has 8 nitrogen and oxygen atoms in total. The van der Waals surface area contributed by atoms with Crippen molar-refractivity contribution in [2.45, 2.75) is 45.3 Å². The van der Waals surface area contributed by atoms with E-state index < -0.39 is 28.4 Å². The maximum Gasteiger partial charge on any atom is 0.329 e. The Morgan fingerprint density at radius 1 is 1.03 bits per heavy atom. The lowest BCUT2D eigenvalue weighted by Crippen LogP contribution is -2.44. The number of aromatic hydroxyl groups is 1. The number of hydrogen-bond acceptors (Lipinski definition) is 6. The number of ether oxygens (including phenoxy) is 1. The summed E-state index contributed by atoms with van der Waals surface area (Å²) in [4.78, 5) is 36.9. The minimum Gasteiger partial charge on any atom is -0.508 e. The Morgan fingerprint density at radius 2 is 1.76 bits per heavy atom.